The summed E-state index contributed by atoms with van der Waals surface area (Å²) in [5.41, 5.74) is 1.67. The highest BCUT2D eigenvalue weighted by Gasteiger charge is 2.25. The molecule has 1 aliphatic heterocycles. The van der Waals surface area contributed by atoms with Crippen molar-refractivity contribution < 1.29 is 13.9 Å². The number of amides is 1. The Labute approximate surface area is 156 Å². The van der Waals surface area contributed by atoms with Gasteiger partial charge in [0.05, 0.1) is 19.0 Å². The first kappa shape index (κ1) is 17.0. The molecule has 26 heavy (non-hydrogen) atoms. The number of nitrogens with zero attached hydrogens (tertiary/aromatic N) is 2. The zero-order chi connectivity index (χ0) is 17.8. The minimum absolute atomic E-state index is 0.0134. The quantitative estimate of drug-likeness (QED) is 0.676. The van der Waals surface area contributed by atoms with Crippen molar-refractivity contribution in [3.8, 4) is 10.8 Å². The number of rotatable bonds is 5. The molecule has 134 valence electrons. The molecule has 1 amide bonds. The molecule has 3 heterocycles. The molecular weight excluding hydrogens is 348 g/mol. The molecule has 6 heteroatoms. The molecule has 1 aliphatic rings. The predicted molar refractivity (Wildman–Crippen MR) is 100.0 cm³/mol. The Morgan fingerprint density at radius 1 is 1.19 bits per heavy atom. The van der Waals surface area contributed by atoms with Crippen molar-refractivity contribution >= 4 is 17.2 Å². The van der Waals surface area contributed by atoms with Crippen molar-refractivity contribution in [2.75, 3.05) is 13.1 Å². The summed E-state index contributed by atoms with van der Waals surface area (Å²) in [4.78, 5) is 19.0. The number of benzene rings is 1. The summed E-state index contributed by atoms with van der Waals surface area (Å²) in [6.45, 7) is 2.02. The fourth-order valence-electron chi connectivity index (χ4n) is 3.06. The molecule has 0 bridgehead atoms. The molecule has 1 fully saturated rings. The summed E-state index contributed by atoms with van der Waals surface area (Å²) in [6.07, 6.45) is 3.52. The van der Waals surface area contributed by atoms with Gasteiger partial charge in [0.25, 0.3) is 5.91 Å². The fraction of sp³-hybridized carbons (Fsp3) is 0.300. The van der Waals surface area contributed by atoms with E-state index in [2.05, 4.69) is 17.1 Å². The van der Waals surface area contributed by atoms with E-state index in [1.807, 2.05) is 35.2 Å². The average molecular weight is 368 g/mol. The number of ether oxygens (including phenoxy) is 1. The van der Waals surface area contributed by atoms with Gasteiger partial charge in [0.1, 0.15) is 5.69 Å². The average Bonchev–Trinajstić information content (AvgIpc) is 3.38. The summed E-state index contributed by atoms with van der Waals surface area (Å²) in [6, 6.07) is 13.8. The van der Waals surface area contributed by atoms with Gasteiger partial charge in [-0.3, -0.25) is 4.79 Å². The molecule has 0 atom stereocenters. The Hall–Kier alpha value is -2.44. The van der Waals surface area contributed by atoms with Crippen molar-refractivity contribution in [1.82, 2.24) is 9.88 Å². The van der Waals surface area contributed by atoms with E-state index >= 15 is 0 Å². The van der Waals surface area contributed by atoms with Crippen molar-refractivity contribution in [3.05, 3.63) is 65.4 Å². The Kier molecular flexibility index (Phi) is 5.13. The predicted octanol–water partition coefficient (Wildman–Crippen LogP) is 4.22. The van der Waals surface area contributed by atoms with Gasteiger partial charge in [-0.2, -0.15) is 0 Å². The van der Waals surface area contributed by atoms with E-state index in [4.69, 9.17) is 9.15 Å². The van der Waals surface area contributed by atoms with E-state index in [0.29, 0.717) is 31.2 Å². The van der Waals surface area contributed by atoms with E-state index in [1.165, 1.54) is 16.9 Å². The van der Waals surface area contributed by atoms with Crippen LogP contribution in [-0.2, 0) is 11.3 Å². The number of furan rings is 1. The van der Waals surface area contributed by atoms with Crippen molar-refractivity contribution in [1.29, 1.82) is 0 Å². The van der Waals surface area contributed by atoms with Gasteiger partial charge in [0.2, 0.25) is 0 Å². The number of likely N-dealkylation sites (tertiary alicyclic amines) is 1. The summed E-state index contributed by atoms with van der Waals surface area (Å²) in [7, 11) is 0. The molecule has 0 unspecified atom stereocenters. The van der Waals surface area contributed by atoms with E-state index in [0.717, 1.165) is 17.8 Å². The van der Waals surface area contributed by atoms with Crippen LogP contribution in [0.15, 0.2) is 58.5 Å². The third-order valence-corrected chi connectivity index (χ3v) is 5.37. The zero-order valence-corrected chi connectivity index (χ0v) is 15.2. The lowest BCUT2D eigenvalue weighted by Gasteiger charge is -2.31. The normalized spacial score (nSPS) is 15.3. The van der Waals surface area contributed by atoms with E-state index in [-0.39, 0.29) is 12.0 Å². The number of carbonyl (C=O) groups is 1. The van der Waals surface area contributed by atoms with E-state index < -0.39 is 0 Å². The van der Waals surface area contributed by atoms with E-state index in [1.54, 1.807) is 11.6 Å². The van der Waals surface area contributed by atoms with Crippen molar-refractivity contribution in [3.63, 3.8) is 0 Å². The fourth-order valence-corrected chi connectivity index (χ4v) is 3.82. The van der Waals surface area contributed by atoms with Crippen LogP contribution in [0.4, 0.5) is 0 Å². The molecule has 0 spiro atoms. The van der Waals surface area contributed by atoms with Crippen molar-refractivity contribution in [2.45, 2.75) is 25.6 Å². The molecule has 1 saturated heterocycles. The number of hydrogen-bond acceptors (Lipinski definition) is 5. The van der Waals surface area contributed by atoms with Crippen LogP contribution in [0.5, 0.6) is 0 Å². The van der Waals surface area contributed by atoms with Gasteiger partial charge in [0, 0.05) is 18.5 Å². The highest BCUT2D eigenvalue weighted by atomic mass is 32.1. The first-order valence-corrected chi connectivity index (χ1v) is 9.62. The molecule has 3 aromatic rings. The molecule has 0 saturated carbocycles. The number of thiazole rings is 1. The number of aromatic nitrogens is 1. The van der Waals surface area contributed by atoms with Crippen LogP contribution in [0.25, 0.3) is 10.8 Å². The van der Waals surface area contributed by atoms with Crippen LogP contribution in [-0.4, -0.2) is 35.0 Å². The monoisotopic (exact) mass is 368 g/mol. The van der Waals surface area contributed by atoms with Gasteiger partial charge in [0.15, 0.2) is 10.8 Å². The summed E-state index contributed by atoms with van der Waals surface area (Å²) in [5, 5.41) is 2.54. The molecule has 0 N–H and O–H groups in total. The molecule has 0 radical (unpaired) electrons. The SMILES string of the molecule is O=C(c1csc(-c2ccco2)n1)N1CCC(OCc2ccccc2)CC1. The second-order valence-corrected chi connectivity index (χ2v) is 7.16. The van der Waals surface area contributed by atoms with Crippen LogP contribution in [0.2, 0.25) is 0 Å². The maximum atomic E-state index is 12.7. The lowest BCUT2D eigenvalue weighted by atomic mass is 10.1. The second kappa shape index (κ2) is 7.85. The Morgan fingerprint density at radius 2 is 2.00 bits per heavy atom. The third kappa shape index (κ3) is 3.86. The number of piperidine rings is 1. The topological polar surface area (TPSA) is 55.6 Å². The van der Waals surface area contributed by atoms with Crippen LogP contribution in [0.3, 0.4) is 0 Å². The van der Waals surface area contributed by atoms with Crippen LogP contribution < -0.4 is 0 Å². The largest absolute Gasteiger partial charge is 0.462 e. The van der Waals surface area contributed by atoms with Crippen LogP contribution >= 0.6 is 11.3 Å². The lowest BCUT2D eigenvalue weighted by Crippen LogP contribution is -2.41. The Bertz CT molecular complexity index is 837. The number of carbonyl (C=O) groups excluding carboxylic acids is 1. The summed E-state index contributed by atoms with van der Waals surface area (Å²) >= 11 is 1.43. The zero-order valence-electron chi connectivity index (χ0n) is 14.3. The minimum atomic E-state index is -0.0134. The molecule has 2 aromatic heterocycles. The minimum Gasteiger partial charge on any atom is -0.462 e. The van der Waals surface area contributed by atoms with Gasteiger partial charge in [-0.05, 0) is 30.5 Å². The van der Waals surface area contributed by atoms with Gasteiger partial charge < -0.3 is 14.1 Å². The van der Waals surface area contributed by atoms with Gasteiger partial charge >= 0.3 is 0 Å². The Morgan fingerprint density at radius 3 is 2.73 bits per heavy atom. The first-order valence-electron chi connectivity index (χ1n) is 8.74. The highest BCUT2D eigenvalue weighted by Crippen LogP contribution is 2.25. The van der Waals surface area contributed by atoms with E-state index in [9.17, 15) is 4.79 Å². The molecule has 0 aliphatic carbocycles. The van der Waals surface area contributed by atoms with Gasteiger partial charge in [-0.1, -0.05) is 30.3 Å². The highest BCUT2D eigenvalue weighted by molar-refractivity contribution is 7.13. The molecular formula is C20H20N2O3S. The standard InChI is InChI=1S/C20H20N2O3S/c23-20(17-14-26-19(21-17)18-7-4-12-24-18)22-10-8-16(9-11-22)25-13-15-5-2-1-3-6-15/h1-7,12,14,16H,8-11,13H2. The first-order chi connectivity index (χ1) is 12.8. The smallest absolute Gasteiger partial charge is 0.273 e. The van der Waals surface area contributed by atoms with Crippen LogP contribution in [0, 0.1) is 0 Å². The van der Waals surface area contributed by atoms with Gasteiger partial charge in [-0.25, -0.2) is 4.98 Å². The molecule has 1 aromatic carbocycles. The summed E-state index contributed by atoms with van der Waals surface area (Å²) in [5.74, 6) is 0.683. The maximum Gasteiger partial charge on any atom is 0.273 e. The second-order valence-electron chi connectivity index (χ2n) is 6.30. The maximum absolute atomic E-state index is 12.7. The third-order valence-electron chi connectivity index (χ3n) is 4.51. The number of hydrogen-bond donors (Lipinski definition) is 0. The Balaban J connectivity index is 1.29. The van der Waals surface area contributed by atoms with Gasteiger partial charge in [-0.15, -0.1) is 11.3 Å². The molecule has 4 rings (SSSR count). The van der Waals surface area contributed by atoms with Crippen LogP contribution in [0.1, 0.15) is 28.9 Å². The molecule has 5 nitrogen and oxygen atoms in total. The summed E-state index contributed by atoms with van der Waals surface area (Å²) < 4.78 is 11.3. The lowest BCUT2D eigenvalue weighted by molar-refractivity contribution is -0.000489. The van der Waals surface area contributed by atoms with Crippen molar-refractivity contribution in [2.24, 2.45) is 0 Å².